The average Bonchev–Trinajstić information content (AvgIpc) is 2.85. The molecule has 0 spiro atoms. The summed E-state index contributed by atoms with van der Waals surface area (Å²) < 4.78 is 15.4. The summed E-state index contributed by atoms with van der Waals surface area (Å²) in [5.41, 5.74) is 0. The molecule has 20 heavy (non-hydrogen) atoms. The summed E-state index contributed by atoms with van der Waals surface area (Å²) in [4.78, 5) is 15.5. The summed E-state index contributed by atoms with van der Waals surface area (Å²) in [7, 11) is 1.28. The topological polar surface area (TPSA) is 57.7 Å². The van der Waals surface area contributed by atoms with Crippen molar-refractivity contribution in [2.24, 2.45) is 0 Å². The summed E-state index contributed by atoms with van der Waals surface area (Å²) in [6, 6.07) is 9.40. The predicted molar refractivity (Wildman–Crippen MR) is 75.9 cm³/mol. The van der Waals surface area contributed by atoms with Crippen molar-refractivity contribution in [3.8, 4) is 10.9 Å². The van der Waals surface area contributed by atoms with Crippen molar-refractivity contribution in [3.63, 3.8) is 0 Å². The number of rotatable bonds is 6. The van der Waals surface area contributed by atoms with Crippen LogP contribution in [0.1, 0.15) is 9.67 Å². The highest BCUT2D eigenvalue weighted by Crippen LogP contribution is 2.29. The van der Waals surface area contributed by atoms with E-state index in [4.69, 9.17) is 21.1 Å². The zero-order chi connectivity index (χ0) is 14.4. The van der Waals surface area contributed by atoms with Gasteiger partial charge < -0.3 is 14.2 Å². The molecule has 0 radical (unpaired) electrons. The van der Waals surface area contributed by atoms with E-state index in [1.54, 1.807) is 0 Å². The van der Waals surface area contributed by atoms with Crippen LogP contribution in [0.25, 0.3) is 0 Å². The normalized spacial score (nSPS) is 10.1. The zero-order valence-corrected chi connectivity index (χ0v) is 12.2. The minimum absolute atomic E-state index is 0.0841. The average molecular weight is 314 g/mol. The summed E-state index contributed by atoms with van der Waals surface area (Å²) >= 11 is 6.86. The Morgan fingerprint density at radius 1 is 1.25 bits per heavy atom. The number of halogens is 1. The molecule has 0 saturated heterocycles. The fourth-order valence-electron chi connectivity index (χ4n) is 1.37. The van der Waals surface area contributed by atoms with Crippen molar-refractivity contribution in [1.82, 2.24) is 4.98 Å². The molecule has 1 aromatic heterocycles. The summed E-state index contributed by atoms with van der Waals surface area (Å²) in [5.74, 6) is 0.242. The Bertz CT molecular complexity index is 573. The molecule has 2 rings (SSSR count). The van der Waals surface area contributed by atoms with Gasteiger partial charge in [0.15, 0.2) is 10.0 Å². The number of benzene rings is 1. The van der Waals surface area contributed by atoms with Gasteiger partial charge in [0.2, 0.25) is 0 Å². The molecule has 0 atom stereocenters. The number of esters is 1. The number of nitrogens with zero attached hydrogens (tertiary/aromatic N) is 1. The number of ether oxygens (including phenoxy) is 3. The fourth-order valence-corrected chi connectivity index (χ4v) is 2.44. The Morgan fingerprint density at radius 2 is 1.95 bits per heavy atom. The van der Waals surface area contributed by atoms with E-state index in [9.17, 15) is 4.79 Å². The van der Waals surface area contributed by atoms with Gasteiger partial charge >= 0.3 is 5.97 Å². The van der Waals surface area contributed by atoms with E-state index in [1.165, 1.54) is 7.11 Å². The maximum atomic E-state index is 11.3. The Morgan fingerprint density at radius 3 is 2.65 bits per heavy atom. The van der Waals surface area contributed by atoms with Crippen molar-refractivity contribution in [1.29, 1.82) is 0 Å². The SMILES string of the molecule is COC(=O)c1sc(OCCOc2ccccc2)nc1Cl. The van der Waals surface area contributed by atoms with Crippen LogP contribution in [0.3, 0.4) is 0 Å². The van der Waals surface area contributed by atoms with Crippen LogP contribution in [-0.4, -0.2) is 31.3 Å². The molecule has 0 amide bonds. The van der Waals surface area contributed by atoms with Gasteiger partial charge in [-0.3, -0.25) is 0 Å². The lowest BCUT2D eigenvalue weighted by molar-refractivity contribution is 0.0606. The number of para-hydroxylation sites is 1. The first kappa shape index (κ1) is 14.6. The quantitative estimate of drug-likeness (QED) is 0.606. The Labute approximate surface area is 125 Å². The smallest absolute Gasteiger partial charge is 0.351 e. The monoisotopic (exact) mass is 313 g/mol. The highest BCUT2D eigenvalue weighted by molar-refractivity contribution is 7.15. The molecule has 0 aliphatic heterocycles. The van der Waals surface area contributed by atoms with Gasteiger partial charge in [-0.1, -0.05) is 41.1 Å². The largest absolute Gasteiger partial charge is 0.490 e. The molecule has 1 heterocycles. The van der Waals surface area contributed by atoms with E-state index in [-0.39, 0.29) is 10.0 Å². The second-order valence-corrected chi connectivity index (χ2v) is 4.92. The van der Waals surface area contributed by atoms with E-state index >= 15 is 0 Å². The van der Waals surface area contributed by atoms with Gasteiger partial charge in [-0.25, -0.2) is 4.79 Å². The second-order valence-electron chi connectivity index (χ2n) is 3.60. The molecule has 0 aliphatic rings. The van der Waals surface area contributed by atoms with Crippen molar-refractivity contribution in [3.05, 3.63) is 40.4 Å². The highest BCUT2D eigenvalue weighted by Gasteiger charge is 2.17. The molecule has 5 nitrogen and oxygen atoms in total. The number of aromatic nitrogens is 1. The van der Waals surface area contributed by atoms with E-state index in [2.05, 4.69) is 9.72 Å². The minimum Gasteiger partial charge on any atom is -0.490 e. The Balaban J connectivity index is 1.81. The molecule has 106 valence electrons. The second kappa shape index (κ2) is 7.12. The van der Waals surface area contributed by atoms with E-state index in [1.807, 2.05) is 30.3 Å². The van der Waals surface area contributed by atoms with Crippen molar-refractivity contribution < 1.29 is 19.0 Å². The molecule has 0 N–H and O–H groups in total. The van der Waals surface area contributed by atoms with Crippen LogP contribution in [-0.2, 0) is 4.74 Å². The van der Waals surface area contributed by atoms with Crippen molar-refractivity contribution in [2.75, 3.05) is 20.3 Å². The maximum absolute atomic E-state index is 11.3. The molecule has 2 aromatic rings. The number of hydrogen-bond acceptors (Lipinski definition) is 6. The molecule has 1 aromatic carbocycles. The van der Waals surface area contributed by atoms with Crippen LogP contribution in [0.4, 0.5) is 0 Å². The molecular formula is C13H12ClNO4S. The van der Waals surface area contributed by atoms with Gasteiger partial charge in [0.1, 0.15) is 19.0 Å². The number of carbonyl (C=O) groups is 1. The van der Waals surface area contributed by atoms with Crippen LogP contribution in [0, 0.1) is 0 Å². The van der Waals surface area contributed by atoms with Crippen molar-refractivity contribution >= 4 is 28.9 Å². The third kappa shape index (κ3) is 3.85. The lowest BCUT2D eigenvalue weighted by atomic mass is 10.3. The Kier molecular flexibility index (Phi) is 5.20. The van der Waals surface area contributed by atoms with Gasteiger partial charge in [-0.05, 0) is 12.1 Å². The third-order valence-electron chi connectivity index (χ3n) is 2.26. The highest BCUT2D eigenvalue weighted by atomic mass is 35.5. The van der Waals surface area contributed by atoms with Crippen LogP contribution in [0.2, 0.25) is 5.15 Å². The zero-order valence-electron chi connectivity index (χ0n) is 10.7. The molecule has 0 unspecified atom stereocenters. The first-order valence-corrected chi connectivity index (χ1v) is 6.95. The Hall–Kier alpha value is -1.79. The summed E-state index contributed by atoms with van der Waals surface area (Å²) in [6.07, 6.45) is 0. The maximum Gasteiger partial charge on any atom is 0.351 e. The van der Waals surface area contributed by atoms with E-state index in [0.29, 0.717) is 18.4 Å². The summed E-state index contributed by atoms with van der Waals surface area (Å²) in [5, 5.41) is 0.396. The molecular weight excluding hydrogens is 302 g/mol. The predicted octanol–water partition coefficient (Wildman–Crippen LogP) is 3.04. The van der Waals surface area contributed by atoms with Gasteiger partial charge in [-0.2, -0.15) is 4.98 Å². The molecule has 0 bridgehead atoms. The third-order valence-corrected chi connectivity index (χ3v) is 3.59. The van der Waals surface area contributed by atoms with Gasteiger partial charge in [-0.15, -0.1) is 0 Å². The number of hydrogen-bond donors (Lipinski definition) is 0. The molecule has 0 saturated carbocycles. The van der Waals surface area contributed by atoms with E-state index in [0.717, 1.165) is 17.1 Å². The summed E-state index contributed by atoms with van der Waals surface area (Å²) in [6.45, 7) is 0.675. The van der Waals surface area contributed by atoms with Gasteiger partial charge in [0.05, 0.1) is 7.11 Å². The van der Waals surface area contributed by atoms with Gasteiger partial charge in [0.25, 0.3) is 5.19 Å². The number of thiazole rings is 1. The van der Waals surface area contributed by atoms with Crippen LogP contribution >= 0.6 is 22.9 Å². The first-order valence-electron chi connectivity index (χ1n) is 5.76. The standard InChI is InChI=1S/C13H12ClNO4S/c1-17-12(16)10-11(14)15-13(20-10)19-8-7-18-9-5-3-2-4-6-9/h2-6H,7-8H2,1H3. The lowest BCUT2D eigenvalue weighted by Crippen LogP contribution is -2.08. The fraction of sp³-hybridized carbons (Fsp3) is 0.231. The minimum atomic E-state index is -0.525. The lowest BCUT2D eigenvalue weighted by Gasteiger charge is -2.05. The molecule has 0 aliphatic carbocycles. The molecule has 0 fully saturated rings. The van der Waals surface area contributed by atoms with E-state index < -0.39 is 5.97 Å². The van der Waals surface area contributed by atoms with Crippen LogP contribution in [0.15, 0.2) is 30.3 Å². The first-order chi connectivity index (χ1) is 9.70. The number of methoxy groups -OCH3 is 1. The number of carbonyl (C=O) groups excluding carboxylic acids is 1. The van der Waals surface area contributed by atoms with Crippen LogP contribution < -0.4 is 9.47 Å². The molecule has 7 heteroatoms. The van der Waals surface area contributed by atoms with Crippen LogP contribution in [0.5, 0.6) is 10.9 Å². The van der Waals surface area contributed by atoms with Gasteiger partial charge in [0, 0.05) is 0 Å². The van der Waals surface area contributed by atoms with Crippen molar-refractivity contribution in [2.45, 2.75) is 0 Å².